The topological polar surface area (TPSA) is 104 Å². The average Bonchev–Trinajstić information content (AvgIpc) is 2.45. The van der Waals surface area contributed by atoms with Crippen LogP contribution in [0.15, 0.2) is 30.3 Å². The number of carboxylic acids is 1. The van der Waals surface area contributed by atoms with Gasteiger partial charge >= 0.3 is 20.1 Å². The second-order valence-corrected chi connectivity index (χ2v) is 5.52. The van der Waals surface area contributed by atoms with E-state index >= 15 is 0 Å². The molecule has 0 heterocycles. The lowest BCUT2D eigenvalue weighted by Crippen LogP contribution is -2.43. The molecule has 2 N–H and O–H groups in total. The van der Waals surface area contributed by atoms with Crippen LogP contribution in [0.5, 0.6) is 0 Å². The molecular weight excluding hydrogens is 297 g/mol. The summed E-state index contributed by atoms with van der Waals surface area (Å²) in [7, 11) is -1.15. The Hall–Kier alpha value is -1.98. The molecule has 1 amide bonds. The van der Waals surface area contributed by atoms with Gasteiger partial charge in [-0.05, 0) is 10.1 Å². The highest BCUT2D eigenvalue weighted by Crippen LogP contribution is 2.18. The Bertz CT molecular complexity index is 507. The molecule has 1 unspecified atom stereocenters. The fraction of sp³-hybridized carbons (Fsp3) is 0.385. The molecule has 0 aliphatic heterocycles. The van der Waals surface area contributed by atoms with Crippen molar-refractivity contribution in [3.05, 3.63) is 35.9 Å². The molecule has 1 rings (SSSR count). The van der Waals surface area contributed by atoms with Gasteiger partial charge in [0.05, 0.1) is 0 Å². The summed E-state index contributed by atoms with van der Waals surface area (Å²) >= 11 is 0. The van der Waals surface area contributed by atoms with Crippen molar-refractivity contribution < 1.29 is 28.9 Å². The van der Waals surface area contributed by atoms with E-state index in [0.717, 1.165) is 10.5 Å². The third-order valence-corrected chi connectivity index (χ3v) is 3.48. The van der Waals surface area contributed by atoms with Crippen LogP contribution >= 0.6 is 8.03 Å². The maximum absolute atomic E-state index is 11.8. The van der Waals surface area contributed by atoms with Gasteiger partial charge < -0.3 is 9.84 Å². The third kappa shape index (κ3) is 5.89. The van der Waals surface area contributed by atoms with Crippen LogP contribution in [-0.2, 0) is 20.7 Å². The van der Waals surface area contributed by atoms with E-state index in [4.69, 9.17) is 14.7 Å². The zero-order valence-electron chi connectivity index (χ0n) is 11.5. The van der Waals surface area contributed by atoms with Crippen LogP contribution in [0.4, 0.5) is 4.79 Å². The molecule has 21 heavy (non-hydrogen) atoms. The highest BCUT2D eigenvalue weighted by atomic mass is 31.1. The Morgan fingerprint density at radius 1 is 1.33 bits per heavy atom. The fourth-order valence-electron chi connectivity index (χ4n) is 1.66. The zero-order valence-corrected chi connectivity index (χ0v) is 12.4. The Morgan fingerprint density at radius 2 is 1.95 bits per heavy atom. The fourth-order valence-corrected chi connectivity index (χ4v) is 2.13. The second kappa shape index (κ2) is 8.34. The molecule has 0 aromatic heterocycles. The Labute approximate surface area is 123 Å². The Kier molecular flexibility index (Phi) is 6.78. The number of rotatable bonds is 7. The van der Waals surface area contributed by atoms with Crippen molar-refractivity contribution in [2.75, 3.05) is 13.2 Å². The molecule has 0 saturated carbocycles. The molecule has 0 aliphatic rings. The summed E-state index contributed by atoms with van der Waals surface area (Å²) < 4.78 is 15.7. The molecule has 0 spiro atoms. The molecule has 0 fully saturated rings. The maximum atomic E-state index is 11.8. The number of ether oxygens (including phenoxy) is 1. The molecule has 7 nitrogen and oxygen atoms in total. The number of carbonyl (C=O) groups excluding carboxylic acids is 1. The summed E-state index contributed by atoms with van der Waals surface area (Å²) in [5.41, 5.74) is 0.782. The van der Waals surface area contributed by atoms with Crippen LogP contribution in [0.3, 0.4) is 0 Å². The van der Waals surface area contributed by atoms with Gasteiger partial charge in [-0.1, -0.05) is 30.3 Å². The van der Waals surface area contributed by atoms with E-state index in [1.807, 2.05) is 6.07 Å². The highest BCUT2D eigenvalue weighted by molar-refractivity contribution is 7.37. The van der Waals surface area contributed by atoms with E-state index in [0.29, 0.717) is 0 Å². The van der Waals surface area contributed by atoms with Gasteiger partial charge in [-0.15, -0.1) is 0 Å². The van der Waals surface area contributed by atoms with Gasteiger partial charge in [0.25, 0.3) is 0 Å². The normalized spacial score (nSPS) is 12.4. The van der Waals surface area contributed by atoms with Gasteiger partial charge in [0, 0.05) is 13.5 Å². The van der Waals surface area contributed by atoms with Crippen molar-refractivity contribution in [1.82, 2.24) is 4.90 Å². The van der Waals surface area contributed by atoms with E-state index in [1.165, 1.54) is 7.05 Å². The summed E-state index contributed by atoms with van der Waals surface area (Å²) in [6.45, 7) is 0.0324. The van der Waals surface area contributed by atoms with Crippen molar-refractivity contribution in [2.24, 2.45) is 0 Å². The Morgan fingerprint density at radius 3 is 2.48 bits per heavy atom. The minimum Gasteiger partial charge on any atom is -0.480 e. The van der Waals surface area contributed by atoms with Gasteiger partial charge in [-0.3, -0.25) is 4.90 Å². The number of carbonyl (C=O) groups is 2. The summed E-state index contributed by atoms with van der Waals surface area (Å²) in [6, 6.07) is 7.78. The number of hydrogen-bond donors (Lipinski definition) is 2. The molecule has 8 heteroatoms. The number of hydrogen-bond acceptors (Lipinski definition) is 4. The number of aliphatic carboxylic acids is 1. The minimum absolute atomic E-state index is 0.0324. The molecule has 0 saturated heterocycles. The van der Waals surface area contributed by atoms with E-state index < -0.39 is 26.1 Å². The van der Waals surface area contributed by atoms with E-state index in [9.17, 15) is 14.2 Å². The van der Waals surface area contributed by atoms with Gasteiger partial charge in [-0.25, -0.2) is 9.59 Å². The van der Waals surface area contributed by atoms with Crippen LogP contribution in [0.1, 0.15) is 12.0 Å². The molecule has 114 valence electrons. The first kappa shape index (κ1) is 17.1. The number of nitrogens with zero attached hydrogens (tertiary/aromatic N) is 1. The van der Waals surface area contributed by atoms with Crippen molar-refractivity contribution in [3.8, 4) is 0 Å². The first-order chi connectivity index (χ1) is 9.91. The Balaban J connectivity index is 2.57. The lowest BCUT2D eigenvalue weighted by molar-refractivity contribution is -0.142. The number of amides is 1. The van der Waals surface area contributed by atoms with Gasteiger partial charge in [0.2, 0.25) is 0 Å². The van der Waals surface area contributed by atoms with Crippen molar-refractivity contribution in [3.63, 3.8) is 0 Å². The second-order valence-electron chi connectivity index (χ2n) is 4.37. The molecule has 0 radical (unpaired) electrons. The number of carboxylic acid groups (broad SMARTS) is 1. The van der Waals surface area contributed by atoms with E-state index in [1.54, 1.807) is 24.3 Å². The van der Waals surface area contributed by atoms with E-state index in [-0.39, 0.29) is 19.2 Å². The lowest BCUT2D eigenvalue weighted by Gasteiger charge is -2.22. The largest absolute Gasteiger partial charge is 0.505 e. The number of benzene rings is 1. The van der Waals surface area contributed by atoms with Gasteiger partial charge in [-0.2, -0.15) is 4.89 Å². The summed E-state index contributed by atoms with van der Waals surface area (Å²) in [6.07, 6.45) is -1.10. The average molecular weight is 314 g/mol. The van der Waals surface area contributed by atoms with Crippen LogP contribution in [0.2, 0.25) is 0 Å². The van der Waals surface area contributed by atoms with Crippen LogP contribution in [-0.4, -0.2) is 46.2 Å². The smallest absolute Gasteiger partial charge is 0.480 e. The minimum atomic E-state index is -2.44. The number of likely N-dealkylation sites (N-methyl/N-ethyl adjacent to an activating group) is 1. The first-order valence-electron chi connectivity index (χ1n) is 6.21. The molecule has 0 bridgehead atoms. The summed E-state index contributed by atoms with van der Waals surface area (Å²) in [5.74, 6) is -1.24. The van der Waals surface area contributed by atoms with Crippen LogP contribution < -0.4 is 0 Å². The predicted octanol–water partition coefficient (Wildman–Crippen LogP) is 1.83. The van der Waals surface area contributed by atoms with Crippen LogP contribution in [0, 0.1) is 0 Å². The van der Waals surface area contributed by atoms with Crippen LogP contribution in [0.25, 0.3) is 0 Å². The summed E-state index contributed by atoms with van der Waals surface area (Å²) in [4.78, 5) is 32.6. The zero-order chi connectivity index (χ0) is 15.8. The van der Waals surface area contributed by atoms with Crippen molar-refractivity contribution in [2.45, 2.75) is 19.1 Å². The standard InChI is InChI=1S/C13H16NO6P/c1-14(11(12(15)16)7-8-21(18)19)13(17)20-9-10-5-3-2-4-6-10/h2-6,11H,7-9H2,1H3,(H-,15,16,18,19)/p+1/t11-/m0/s1. The highest BCUT2D eigenvalue weighted by Gasteiger charge is 2.30. The quantitative estimate of drug-likeness (QED) is 0.744. The molecule has 1 aromatic rings. The van der Waals surface area contributed by atoms with Crippen molar-refractivity contribution in [1.29, 1.82) is 0 Å². The van der Waals surface area contributed by atoms with Crippen molar-refractivity contribution >= 4 is 20.1 Å². The molecular formula is C13H17NO6P+. The molecule has 2 atom stereocenters. The first-order valence-corrected chi connectivity index (χ1v) is 7.61. The molecule has 0 aliphatic carbocycles. The monoisotopic (exact) mass is 314 g/mol. The molecule has 1 aromatic carbocycles. The SMILES string of the molecule is CN(C(=O)OCc1ccccc1)[C@@H](CC[P+](=O)O)C(=O)O. The van der Waals surface area contributed by atoms with Gasteiger partial charge in [0.15, 0.2) is 6.16 Å². The lowest BCUT2D eigenvalue weighted by atomic mass is 10.2. The summed E-state index contributed by atoms with van der Waals surface area (Å²) in [5, 5.41) is 9.06. The predicted molar refractivity (Wildman–Crippen MR) is 75.1 cm³/mol. The maximum Gasteiger partial charge on any atom is 0.505 e. The van der Waals surface area contributed by atoms with Gasteiger partial charge in [0.1, 0.15) is 12.6 Å². The van der Waals surface area contributed by atoms with E-state index in [2.05, 4.69) is 0 Å². The third-order valence-electron chi connectivity index (χ3n) is 2.84.